The van der Waals surface area contributed by atoms with E-state index in [-0.39, 0.29) is 34.1 Å². The zero-order valence-corrected chi connectivity index (χ0v) is 18.5. The molecule has 0 amide bonds. The summed E-state index contributed by atoms with van der Waals surface area (Å²) < 4.78 is 5.80. The first-order valence-electron chi connectivity index (χ1n) is 10.4. The summed E-state index contributed by atoms with van der Waals surface area (Å²) in [6.45, 7) is 1.46. The van der Waals surface area contributed by atoms with Crippen LogP contribution in [0.2, 0.25) is 5.02 Å². The maximum Gasteiger partial charge on any atom is 0.343 e. The molecule has 2 N–H and O–H groups in total. The molecule has 5 nitrogen and oxygen atoms in total. The van der Waals surface area contributed by atoms with Gasteiger partial charge in [-0.25, -0.2) is 4.79 Å². The lowest BCUT2D eigenvalue weighted by atomic mass is 9.99. The maximum absolute atomic E-state index is 13.2. The van der Waals surface area contributed by atoms with Gasteiger partial charge in [-0.15, -0.1) is 0 Å². The van der Waals surface area contributed by atoms with Gasteiger partial charge in [0.2, 0.25) is 0 Å². The number of cyclic esters (lactones) is 1. The molecule has 0 aliphatic carbocycles. The number of halogens is 1. The molecule has 6 heteroatoms. The lowest BCUT2D eigenvalue weighted by Crippen LogP contribution is -2.13. The van der Waals surface area contributed by atoms with E-state index in [0.29, 0.717) is 12.0 Å². The van der Waals surface area contributed by atoms with E-state index in [0.717, 1.165) is 24.5 Å². The summed E-state index contributed by atoms with van der Waals surface area (Å²) in [4.78, 5) is 25.0. The lowest BCUT2D eigenvalue weighted by Gasteiger charge is -2.19. The number of ether oxygens (including phenoxy) is 1. The first-order chi connectivity index (χ1) is 15.4. The van der Waals surface area contributed by atoms with Gasteiger partial charge in [-0.05, 0) is 37.0 Å². The minimum absolute atomic E-state index is 0.0734. The molecule has 0 aromatic heterocycles. The van der Waals surface area contributed by atoms with Crippen LogP contribution in [0.5, 0.6) is 11.5 Å². The number of hydrogen-bond donors (Lipinski definition) is 2. The molecule has 0 bridgehead atoms. The van der Waals surface area contributed by atoms with Crippen LogP contribution in [0.1, 0.15) is 60.2 Å². The molecule has 0 spiro atoms. The van der Waals surface area contributed by atoms with Gasteiger partial charge in [0.25, 0.3) is 0 Å². The van der Waals surface area contributed by atoms with E-state index in [1.807, 2.05) is 48.6 Å². The fourth-order valence-electron chi connectivity index (χ4n) is 3.50. The Morgan fingerprint density at radius 3 is 2.53 bits per heavy atom. The second kappa shape index (κ2) is 10.8. The largest absolute Gasteiger partial charge is 0.507 e. The van der Waals surface area contributed by atoms with Crippen LogP contribution in [0.25, 0.3) is 6.08 Å². The number of allylic oxidation sites excluding steroid dienone is 4. The summed E-state index contributed by atoms with van der Waals surface area (Å²) in [5, 5.41) is 20.6. The van der Waals surface area contributed by atoms with Gasteiger partial charge in [0, 0.05) is 24.5 Å². The third kappa shape index (κ3) is 5.89. The van der Waals surface area contributed by atoms with E-state index in [1.165, 1.54) is 13.0 Å². The van der Waals surface area contributed by atoms with Crippen molar-refractivity contribution in [3.63, 3.8) is 0 Å². The van der Waals surface area contributed by atoms with E-state index in [4.69, 9.17) is 16.3 Å². The van der Waals surface area contributed by atoms with Crippen molar-refractivity contribution in [1.82, 2.24) is 0 Å². The Morgan fingerprint density at radius 1 is 1.09 bits per heavy atom. The predicted octanol–water partition coefficient (Wildman–Crippen LogP) is 6.31. The topological polar surface area (TPSA) is 83.8 Å². The molecule has 2 aromatic carbocycles. The van der Waals surface area contributed by atoms with Crippen LogP contribution in [0.3, 0.4) is 0 Å². The fraction of sp³-hybridized carbons (Fsp3) is 0.231. The Morgan fingerprint density at radius 2 is 1.81 bits per heavy atom. The van der Waals surface area contributed by atoms with Crippen LogP contribution >= 0.6 is 11.6 Å². The van der Waals surface area contributed by atoms with Gasteiger partial charge in [-0.2, -0.15) is 0 Å². The monoisotopic (exact) mass is 452 g/mol. The van der Waals surface area contributed by atoms with Crippen molar-refractivity contribution in [2.24, 2.45) is 0 Å². The van der Waals surface area contributed by atoms with Crippen LogP contribution in [-0.2, 0) is 9.53 Å². The van der Waals surface area contributed by atoms with Crippen LogP contribution in [0.15, 0.2) is 66.3 Å². The highest BCUT2D eigenvalue weighted by Gasteiger charge is 2.25. The minimum Gasteiger partial charge on any atom is -0.507 e. The van der Waals surface area contributed by atoms with E-state index in [1.54, 1.807) is 6.08 Å². The number of phenols is 2. The smallest absolute Gasteiger partial charge is 0.343 e. The SMILES string of the molecule is CC(=O)CC1=Cc2c(Cl)c(O)cc(O)c2C(=O)O[C@@H](c2ccccc2)C/C=C/CCC=C1. The molecule has 1 heterocycles. The van der Waals surface area contributed by atoms with E-state index >= 15 is 0 Å². The molecule has 3 rings (SSSR count). The quantitative estimate of drug-likeness (QED) is 0.421. The van der Waals surface area contributed by atoms with Crippen molar-refractivity contribution in [3.05, 3.63) is 88.0 Å². The van der Waals surface area contributed by atoms with E-state index in [9.17, 15) is 19.8 Å². The number of Topliss-reactive ketones (excluding diaryl/α,β-unsaturated/α-hetero) is 1. The highest BCUT2D eigenvalue weighted by Crippen LogP contribution is 2.39. The van der Waals surface area contributed by atoms with Gasteiger partial charge in [0.1, 0.15) is 28.9 Å². The van der Waals surface area contributed by atoms with E-state index < -0.39 is 17.8 Å². The highest BCUT2D eigenvalue weighted by molar-refractivity contribution is 6.34. The van der Waals surface area contributed by atoms with Gasteiger partial charge in [-0.3, -0.25) is 4.79 Å². The number of carbonyl (C=O) groups excluding carboxylic acids is 2. The van der Waals surface area contributed by atoms with Crippen LogP contribution < -0.4 is 0 Å². The first-order valence-corrected chi connectivity index (χ1v) is 10.8. The van der Waals surface area contributed by atoms with E-state index in [2.05, 4.69) is 0 Å². The standard InChI is InChI=1S/C26H25ClO5/c1-17(28)14-18-10-6-3-2-4-9-13-23(19-11-7-5-8-12-19)32-26(31)24-20(15-18)25(27)22(30)16-21(24)29/h4-12,15-16,23,29-30H,2-3,13-14H2,1H3/b9-4+,10-6?,18-15?/t23-/m1/s1. The van der Waals surface area contributed by atoms with Crippen LogP contribution in [0.4, 0.5) is 0 Å². The van der Waals surface area contributed by atoms with Crippen molar-refractivity contribution in [1.29, 1.82) is 0 Å². The Balaban J connectivity index is 2.15. The summed E-state index contributed by atoms with van der Waals surface area (Å²) in [6.07, 6.45) is 10.8. The molecule has 0 saturated carbocycles. The molecule has 0 saturated heterocycles. The number of benzene rings is 2. The van der Waals surface area contributed by atoms with Gasteiger partial charge in [0.05, 0.1) is 5.02 Å². The van der Waals surface area contributed by atoms with Gasteiger partial charge in [-0.1, -0.05) is 66.2 Å². The number of carbonyl (C=O) groups is 2. The summed E-state index contributed by atoms with van der Waals surface area (Å²) in [7, 11) is 0. The van der Waals surface area contributed by atoms with Crippen molar-refractivity contribution < 1.29 is 24.5 Å². The second-order valence-electron chi connectivity index (χ2n) is 7.61. The number of esters is 1. The zero-order chi connectivity index (χ0) is 23.1. The lowest BCUT2D eigenvalue weighted by molar-refractivity contribution is -0.116. The first kappa shape index (κ1) is 23.4. The van der Waals surface area contributed by atoms with Crippen molar-refractivity contribution in [2.45, 2.75) is 38.7 Å². The van der Waals surface area contributed by atoms with Crippen LogP contribution in [0, 0.1) is 0 Å². The summed E-state index contributed by atoms with van der Waals surface area (Å²) in [5.41, 5.74) is 1.36. The molecule has 32 heavy (non-hydrogen) atoms. The highest BCUT2D eigenvalue weighted by atomic mass is 35.5. The average Bonchev–Trinajstić information content (AvgIpc) is 2.75. The minimum atomic E-state index is -0.777. The summed E-state index contributed by atoms with van der Waals surface area (Å²) >= 11 is 6.32. The van der Waals surface area contributed by atoms with Gasteiger partial charge < -0.3 is 14.9 Å². The molecule has 1 aliphatic rings. The molecule has 0 fully saturated rings. The molecular formula is C26H25ClO5. The number of rotatable bonds is 3. The van der Waals surface area contributed by atoms with Gasteiger partial charge in [0.15, 0.2) is 0 Å². The molecule has 2 aromatic rings. The molecule has 0 unspecified atom stereocenters. The number of fused-ring (bicyclic) bond motifs is 1. The molecule has 1 aliphatic heterocycles. The molecule has 166 valence electrons. The number of phenolic OH excluding ortho intramolecular Hbond substituents is 2. The molecule has 1 atom stereocenters. The third-order valence-electron chi connectivity index (χ3n) is 5.02. The van der Waals surface area contributed by atoms with Gasteiger partial charge >= 0.3 is 5.97 Å². The number of aromatic hydroxyl groups is 2. The molecular weight excluding hydrogens is 428 g/mol. The van der Waals surface area contributed by atoms with Crippen LogP contribution in [-0.4, -0.2) is 22.0 Å². The fourth-order valence-corrected chi connectivity index (χ4v) is 3.71. The predicted molar refractivity (Wildman–Crippen MR) is 125 cm³/mol. The number of hydrogen-bond acceptors (Lipinski definition) is 5. The maximum atomic E-state index is 13.2. The Bertz CT molecular complexity index is 1080. The third-order valence-corrected chi connectivity index (χ3v) is 5.41. The Labute approximate surface area is 192 Å². The summed E-state index contributed by atoms with van der Waals surface area (Å²) in [6, 6.07) is 10.3. The van der Waals surface area contributed by atoms with Crippen molar-refractivity contribution in [3.8, 4) is 11.5 Å². The average molecular weight is 453 g/mol. The normalized spacial score (nSPS) is 18.1. The van der Waals surface area contributed by atoms with Crippen molar-refractivity contribution >= 4 is 29.4 Å². The van der Waals surface area contributed by atoms with Crippen molar-refractivity contribution in [2.75, 3.05) is 0 Å². The zero-order valence-electron chi connectivity index (χ0n) is 17.8. The summed E-state index contributed by atoms with van der Waals surface area (Å²) in [5.74, 6) is -1.68. The molecule has 0 radical (unpaired) electrons. The second-order valence-corrected chi connectivity index (χ2v) is 7.98. The Kier molecular flexibility index (Phi) is 7.90. The Hall–Kier alpha value is -3.31. The number of ketones is 1.